The van der Waals surface area contributed by atoms with Gasteiger partial charge in [0.2, 0.25) is 0 Å². The van der Waals surface area contributed by atoms with E-state index in [9.17, 15) is 4.79 Å². The van der Waals surface area contributed by atoms with Crippen LogP contribution in [0, 0.1) is 0 Å². The summed E-state index contributed by atoms with van der Waals surface area (Å²) in [6, 6.07) is 0. The minimum Gasteiger partial charge on any atom is -0.481 e. The summed E-state index contributed by atoms with van der Waals surface area (Å²) < 4.78 is 0. The van der Waals surface area contributed by atoms with E-state index in [-0.39, 0.29) is 5.71 Å². The van der Waals surface area contributed by atoms with Gasteiger partial charge in [0.15, 0.2) is 7.28 Å². The van der Waals surface area contributed by atoms with Crippen LogP contribution in [0.2, 0.25) is 5.82 Å². The van der Waals surface area contributed by atoms with Crippen LogP contribution in [0.1, 0.15) is 6.42 Å². The molecular weight excluding hydrogens is 143 g/mol. The number of aliphatic carboxylic acids is 1. The van der Waals surface area contributed by atoms with Gasteiger partial charge in [-0.05, 0) is 0 Å². The Morgan fingerprint density at radius 2 is 2.64 bits per heavy atom. The molecule has 1 aliphatic heterocycles. The van der Waals surface area contributed by atoms with E-state index in [1.165, 1.54) is 7.28 Å². The predicted octanol–water partition coefficient (Wildman–Crippen LogP) is 0.152. The Hall–Kier alpha value is -1.35. The quantitative estimate of drug-likeness (QED) is 0.327. The number of hydrogen-bond acceptors (Lipinski definition) is 1. The first-order chi connectivity index (χ1) is 5.25. The molecule has 1 unspecified atom stereocenters. The summed E-state index contributed by atoms with van der Waals surface area (Å²) in [6.07, 6.45) is 2.15. The first kappa shape index (κ1) is 7.76. The molecule has 11 heavy (non-hydrogen) atoms. The van der Waals surface area contributed by atoms with Crippen molar-refractivity contribution in [2.24, 2.45) is 0 Å². The fourth-order valence-corrected chi connectivity index (χ4v) is 0.944. The van der Waals surface area contributed by atoms with E-state index in [1.807, 2.05) is 0 Å². The fourth-order valence-electron chi connectivity index (χ4n) is 0.944. The van der Waals surface area contributed by atoms with Crippen molar-refractivity contribution < 1.29 is 14.7 Å². The Morgan fingerprint density at radius 1 is 1.91 bits per heavy atom. The van der Waals surface area contributed by atoms with Crippen molar-refractivity contribution in [3.63, 3.8) is 0 Å². The molecule has 0 aliphatic carbocycles. The molecular formula is C6H6BN2O2. The second kappa shape index (κ2) is 3.17. The highest BCUT2D eigenvalue weighted by atomic mass is 16.4. The lowest BCUT2D eigenvalue weighted by atomic mass is 9.59. The van der Waals surface area contributed by atoms with Gasteiger partial charge in [0.25, 0.3) is 5.71 Å². The van der Waals surface area contributed by atoms with Crippen molar-refractivity contribution in [1.29, 1.82) is 0 Å². The molecule has 0 fully saturated rings. The van der Waals surface area contributed by atoms with Gasteiger partial charge in [-0.1, -0.05) is 6.08 Å². The van der Waals surface area contributed by atoms with E-state index in [2.05, 4.69) is 4.79 Å². The van der Waals surface area contributed by atoms with Crippen molar-refractivity contribution in [2.75, 3.05) is 0 Å². The van der Waals surface area contributed by atoms with Crippen molar-refractivity contribution in [3.8, 4) is 0 Å². The topological polar surface area (TPSA) is 73.7 Å². The van der Waals surface area contributed by atoms with Gasteiger partial charge in [-0.2, -0.15) is 4.79 Å². The molecule has 0 bridgehead atoms. The standard InChI is InChI=1S/C6H6BN2O2/c8-9-4-2-1-3-7-5(4)6(10)11/h1,3,5H,2H2,(H,10,11). The van der Waals surface area contributed by atoms with E-state index in [1.54, 1.807) is 12.1 Å². The summed E-state index contributed by atoms with van der Waals surface area (Å²) in [5, 5.41) is 8.58. The van der Waals surface area contributed by atoms with Crippen LogP contribution in [0.3, 0.4) is 0 Å². The maximum Gasteiger partial charge on any atom is 0.310 e. The Labute approximate surface area is 64.4 Å². The molecule has 0 aromatic carbocycles. The Kier molecular flexibility index (Phi) is 2.23. The highest BCUT2D eigenvalue weighted by Gasteiger charge is 2.31. The minimum atomic E-state index is -0.984. The average Bonchev–Trinajstić information content (AvgIpc) is 2.04. The van der Waals surface area contributed by atoms with Crippen molar-refractivity contribution in [3.05, 3.63) is 17.6 Å². The number of nitrogens with zero attached hydrogens (tertiary/aromatic N) is 2. The lowest BCUT2D eigenvalue weighted by Gasteiger charge is -2.05. The smallest absolute Gasteiger partial charge is 0.310 e. The van der Waals surface area contributed by atoms with Crippen molar-refractivity contribution >= 4 is 19.0 Å². The van der Waals surface area contributed by atoms with Crippen LogP contribution in [0.5, 0.6) is 0 Å². The van der Waals surface area contributed by atoms with Gasteiger partial charge in [0.05, 0.1) is 6.42 Å². The van der Waals surface area contributed by atoms with Crippen LogP contribution in [-0.4, -0.2) is 28.9 Å². The number of carboxylic acids is 1. The van der Waals surface area contributed by atoms with E-state index in [4.69, 9.17) is 10.6 Å². The molecule has 1 aliphatic rings. The van der Waals surface area contributed by atoms with Crippen molar-refractivity contribution in [2.45, 2.75) is 12.2 Å². The highest BCUT2D eigenvalue weighted by molar-refractivity contribution is 6.56. The summed E-state index contributed by atoms with van der Waals surface area (Å²) in [6.45, 7) is 0. The molecule has 4 nitrogen and oxygen atoms in total. The predicted molar refractivity (Wildman–Crippen MR) is 39.5 cm³/mol. The maximum atomic E-state index is 10.5. The molecule has 55 valence electrons. The van der Waals surface area contributed by atoms with Gasteiger partial charge in [-0.25, -0.2) is 0 Å². The first-order valence-corrected chi connectivity index (χ1v) is 3.19. The van der Waals surface area contributed by atoms with Crippen LogP contribution in [-0.2, 0) is 4.79 Å². The number of rotatable bonds is 1. The lowest BCUT2D eigenvalue weighted by molar-refractivity contribution is -0.136. The molecule has 0 saturated heterocycles. The number of allylic oxidation sites excluding steroid dienone is 1. The number of carboxylic acid groups (broad SMARTS) is 1. The number of carbonyl (C=O) groups is 1. The molecule has 0 aromatic heterocycles. The van der Waals surface area contributed by atoms with Gasteiger partial charge in [0, 0.05) is 0 Å². The summed E-state index contributed by atoms with van der Waals surface area (Å²) in [5.41, 5.74) is 8.66. The van der Waals surface area contributed by atoms with Crippen LogP contribution < -0.4 is 0 Å². The average molecular weight is 149 g/mol. The van der Waals surface area contributed by atoms with Gasteiger partial charge < -0.3 is 10.6 Å². The maximum absolute atomic E-state index is 10.5. The zero-order valence-electron chi connectivity index (χ0n) is 5.77. The second-order valence-corrected chi connectivity index (χ2v) is 2.23. The molecule has 1 heterocycles. The molecule has 0 spiro atoms. The lowest BCUT2D eigenvalue weighted by Crippen LogP contribution is -2.25. The summed E-state index contributed by atoms with van der Waals surface area (Å²) in [4.78, 5) is 13.4. The van der Waals surface area contributed by atoms with E-state index < -0.39 is 11.8 Å². The van der Waals surface area contributed by atoms with Crippen LogP contribution in [0.4, 0.5) is 0 Å². The van der Waals surface area contributed by atoms with E-state index in [0.29, 0.717) is 6.42 Å². The van der Waals surface area contributed by atoms with Gasteiger partial charge in [-0.15, -0.1) is 5.98 Å². The molecule has 0 amide bonds. The van der Waals surface area contributed by atoms with E-state index >= 15 is 0 Å². The van der Waals surface area contributed by atoms with Crippen LogP contribution in [0.25, 0.3) is 5.53 Å². The molecule has 1 N–H and O–H groups in total. The normalized spacial score (nSPS) is 22.2. The summed E-state index contributed by atoms with van der Waals surface area (Å²) in [7, 11) is 1.49. The molecule has 1 rings (SSSR count). The third-order valence-electron chi connectivity index (χ3n) is 1.52. The van der Waals surface area contributed by atoms with Gasteiger partial charge in [0.1, 0.15) is 5.82 Å². The van der Waals surface area contributed by atoms with Crippen LogP contribution >= 0.6 is 0 Å². The highest BCUT2D eigenvalue weighted by Crippen LogP contribution is 2.13. The Bertz CT molecular complexity index is 255. The first-order valence-electron chi connectivity index (χ1n) is 3.19. The fraction of sp³-hybridized carbons (Fsp3) is 0.333. The largest absolute Gasteiger partial charge is 0.481 e. The molecule has 5 heteroatoms. The monoisotopic (exact) mass is 149 g/mol. The summed E-state index contributed by atoms with van der Waals surface area (Å²) >= 11 is 0. The molecule has 0 saturated carbocycles. The SMILES string of the molecule is [N-]=[N+]=C1CC=C[B]C1C(=O)O. The second-order valence-electron chi connectivity index (χ2n) is 2.23. The third-order valence-corrected chi connectivity index (χ3v) is 1.52. The zero-order chi connectivity index (χ0) is 8.27. The third kappa shape index (κ3) is 1.56. The minimum absolute atomic E-state index is 0.278. The van der Waals surface area contributed by atoms with E-state index in [0.717, 1.165) is 0 Å². The summed E-state index contributed by atoms with van der Waals surface area (Å²) in [5.74, 6) is -0.0832. The van der Waals surface area contributed by atoms with Crippen LogP contribution in [0.15, 0.2) is 12.1 Å². The molecule has 1 radical (unpaired) electrons. The van der Waals surface area contributed by atoms with Gasteiger partial charge in [-0.3, -0.25) is 4.79 Å². The molecule has 1 atom stereocenters. The number of hydrogen-bond donors (Lipinski definition) is 1. The van der Waals surface area contributed by atoms with Gasteiger partial charge >= 0.3 is 5.97 Å². The van der Waals surface area contributed by atoms with Crippen molar-refractivity contribution in [1.82, 2.24) is 0 Å². The Balaban J connectivity index is 2.86. The molecule has 0 aromatic rings. The zero-order valence-corrected chi connectivity index (χ0v) is 5.77. The Morgan fingerprint density at radius 3 is 3.09 bits per heavy atom.